The van der Waals surface area contributed by atoms with E-state index in [4.69, 9.17) is 4.74 Å². The molecule has 0 amide bonds. The predicted molar refractivity (Wildman–Crippen MR) is 63.2 cm³/mol. The second-order valence-electron chi connectivity index (χ2n) is 3.88. The Balaban J connectivity index is 2.29. The van der Waals surface area contributed by atoms with Crippen molar-refractivity contribution in [2.45, 2.75) is 12.8 Å². The van der Waals surface area contributed by atoms with Gasteiger partial charge < -0.3 is 4.74 Å². The lowest BCUT2D eigenvalue weighted by Gasteiger charge is -2.07. The maximum Gasteiger partial charge on any atom is 0.433 e. The van der Waals surface area contributed by atoms with Crippen LogP contribution in [0.4, 0.5) is 13.2 Å². The lowest BCUT2D eigenvalue weighted by Crippen LogP contribution is -2.07. The normalized spacial score (nSPS) is 11.6. The number of hydrogen-bond donors (Lipinski definition) is 0. The number of rotatable bonds is 3. The first kappa shape index (κ1) is 13.5. The molecule has 3 nitrogen and oxygen atoms in total. The van der Waals surface area contributed by atoms with Crippen LogP contribution in [0.3, 0.4) is 0 Å². The monoisotopic (exact) mass is 268 g/mol. The molecular formula is C13H11F3N2O. The molecule has 100 valence electrons. The van der Waals surface area contributed by atoms with E-state index in [1.165, 1.54) is 12.3 Å². The Labute approximate surface area is 108 Å². The molecule has 2 rings (SSSR count). The van der Waals surface area contributed by atoms with Crippen LogP contribution in [0.1, 0.15) is 11.4 Å². The first-order valence-electron chi connectivity index (χ1n) is 5.49. The van der Waals surface area contributed by atoms with E-state index >= 15 is 0 Å². The smallest absolute Gasteiger partial charge is 0.378 e. The molecule has 0 unspecified atom stereocenters. The number of hydrogen-bond acceptors (Lipinski definition) is 3. The number of ether oxygens (including phenoxy) is 1. The quantitative estimate of drug-likeness (QED) is 0.856. The minimum Gasteiger partial charge on any atom is -0.378 e. The third kappa shape index (κ3) is 3.29. The van der Waals surface area contributed by atoms with E-state index in [9.17, 15) is 13.2 Å². The zero-order valence-corrected chi connectivity index (χ0v) is 10.1. The van der Waals surface area contributed by atoms with Gasteiger partial charge in [-0.15, -0.1) is 0 Å². The van der Waals surface area contributed by atoms with Crippen LogP contribution in [-0.4, -0.2) is 17.1 Å². The molecule has 0 atom stereocenters. The van der Waals surface area contributed by atoms with Crippen molar-refractivity contribution in [3.63, 3.8) is 0 Å². The Hall–Kier alpha value is -1.95. The molecule has 0 aromatic carbocycles. The van der Waals surface area contributed by atoms with Crippen molar-refractivity contribution in [1.29, 1.82) is 0 Å². The lowest BCUT2D eigenvalue weighted by molar-refractivity contribution is -0.141. The third-order valence-corrected chi connectivity index (χ3v) is 2.45. The van der Waals surface area contributed by atoms with Crippen molar-refractivity contribution in [1.82, 2.24) is 9.97 Å². The summed E-state index contributed by atoms with van der Waals surface area (Å²) in [5.74, 6) is 0. The topological polar surface area (TPSA) is 35.0 Å². The van der Waals surface area contributed by atoms with Gasteiger partial charge in [0, 0.05) is 18.9 Å². The van der Waals surface area contributed by atoms with Crippen LogP contribution in [0.15, 0.2) is 36.5 Å². The Morgan fingerprint density at radius 1 is 1.16 bits per heavy atom. The summed E-state index contributed by atoms with van der Waals surface area (Å²) in [7, 11) is 1.55. The molecule has 2 heterocycles. The van der Waals surface area contributed by atoms with Crippen molar-refractivity contribution < 1.29 is 17.9 Å². The molecule has 0 N–H and O–H groups in total. The van der Waals surface area contributed by atoms with Gasteiger partial charge in [0.25, 0.3) is 0 Å². The second kappa shape index (κ2) is 5.36. The van der Waals surface area contributed by atoms with Gasteiger partial charge in [-0.05, 0) is 24.3 Å². The minimum atomic E-state index is -4.43. The number of halogens is 3. The van der Waals surface area contributed by atoms with Crippen LogP contribution in [0.5, 0.6) is 0 Å². The van der Waals surface area contributed by atoms with E-state index < -0.39 is 11.9 Å². The van der Waals surface area contributed by atoms with Crippen molar-refractivity contribution in [2.24, 2.45) is 0 Å². The number of alkyl halides is 3. The van der Waals surface area contributed by atoms with Crippen molar-refractivity contribution >= 4 is 0 Å². The Morgan fingerprint density at radius 3 is 2.53 bits per heavy atom. The molecule has 0 fully saturated rings. The molecule has 0 saturated heterocycles. The van der Waals surface area contributed by atoms with Gasteiger partial charge in [-0.3, -0.25) is 9.97 Å². The molecule has 2 aromatic rings. The van der Waals surface area contributed by atoms with E-state index in [2.05, 4.69) is 9.97 Å². The summed E-state index contributed by atoms with van der Waals surface area (Å²) in [6.07, 6.45) is -3.26. The van der Waals surface area contributed by atoms with E-state index in [0.29, 0.717) is 23.6 Å². The largest absolute Gasteiger partial charge is 0.433 e. The van der Waals surface area contributed by atoms with Crippen LogP contribution >= 0.6 is 0 Å². The van der Waals surface area contributed by atoms with Gasteiger partial charge >= 0.3 is 6.18 Å². The van der Waals surface area contributed by atoms with Gasteiger partial charge in [-0.25, -0.2) is 0 Å². The molecule has 0 aliphatic rings. The summed E-state index contributed by atoms with van der Waals surface area (Å²) < 4.78 is 42.1. The molecule has 2 aromatic heterocycles. The first-order valence-corrected chi connectivity index (χ1v) is 5.49. The van der Waals surface area contributed by atoms with Crippen LogP contribution in [0.2, 0.25) is 0 Å². The summed E-state index contributed by atoms with van der Waals surface area (Å²) in [5, 5.41) is 0. The molecule has 0 aliphatic heterocycles. The molecular weight excluding hydrogens is 257 g/mol. The van der Waals surface area contributed by atoms with E-state index in [0.717, 1.165) is 6.07 Å². The fraction of sp³-hybridized carbons (Fsp3) is 0.231. The summed E-state index contributed by atoms with van der Waals surface area (Å²) in [6, 6.07) is 7.57. The second-order valence-corrected chi connectivity index (χ2v) is 3.88. The standard InChI is InChI=1S/C13H11F3N2O/c1-19-8-10-3-2-4-11(18-10)9-5-6-12(17-7-9)13(14,15)16/h2-7H,8H2,1H3. The van der Waals surface area contributed by atoms with E-state index in [1.807, 2.05) is 0 Å². The fourth-order valence-corrected chi connectivity index (χ4v) is 1.58. The van der Waals surface area contributed by atoms with Gasteiger partial charge in [0.05, 0.1) is 18.0 Å². The Bertz CT molecular complexity index is 553. The highest BCUT2D eigenvalue weighted by Crippen LogP contribution is 2.28. The summed E-state index contributed by atoms with van der Waals surface area (Å²) >= 11 is 0. The van der Waals surface area contributed by atoms with Gasteiger partial charge in [0.2, 0.25) is 0 Å². The number of nitrogens with zero attached hydrogens (tertiary/aromatic N) is 2. The summed E-state index contributed by atoms with van der Waals surface area (Å²) in [5.41, 5.74) is 0.894. The van der Waals surface area contributed by atoms with Crippen LogP contribution in [0.25, 0.3) is 11.3 Å². The zero-order valence-electron chi connectivity index (χ0n) is 10.1. The summed E-state index contributed by atoms with van der Waals surface area (Å²) in [6.45, 7) is 0.349. The van der Waals surface area contributed by atoms with Gasteiger partial charge in [0.15, 0.2) is 0 Å². The molecule has 0 saturated carbocycles. The Morgan fingerprint density at radius 2 is 1.95 bits per heavy atom. The minimum absolute atomic E-state index is 0.349. The molecule has 0 radical (unpaired) electrons. The lowest BCUT2D eigenvalue weighted by atomic mass is 10.1. The average molecular weight is 268 g/mol. The molecule has 0 spiro atoms. The van der Waals surface area contributed by atoms with Crippen molar-refractivity contribution in [3.8, 4) is 11.3 Å². The highest BCUT2D eigenvalue weighted by Gasteiger charge is 2.32. The van der Waals surface area contributed by atoms with Crippen LogP contribution in [-0.2, 0) is 17.5 Å². The van der Waals surface area contributed by atoms with E-state index in [1.54, 1.807) is 25.3 Å². The first-order chi connectivity index (χ1) is 9.00. The molecule has 19 heavy (non-hydrogen) atoms. The van der Waals surface area contributed by atoms with Crippen molar-refractivity contribution in [2.75, 3.05) is 7.11 Å². The summed E-state index contributed by atoms with van der Waals surface area (Å²) in [4.78, 5) is 7.68. The van der Waals surface area contributed by atoms with Crippen LogP contribution in [0, 0.1) is 0 Å². The fourth-order valence-electron chi connectivity index (χ4n) is 1.58. The van der Waals surface area contributed by atoms with Gasteiger partial charge in [-0.2, -0.15) is 13.2 Å². The molecule has 6 heteroatoms. The van der Waals surface area contributed by atoms with Gasteiger partial charge in [-0.1, -0.05) is 6.07 Å². The third-order valence-electron chi connectivity index (χ3n) is 2.45. The van der Waals surface area contributed by atoms with Crippen LogP contribution < -0.4 is 0 Å². The molecule has 0 aliphatic carbocycles. The Kier molecular flexibility index (Phi) is 3.80. The number of methoxy groups -OCH3 is 1. The number of pyridine rings is 2. The SMILES string of the molecule is COCc1cccc(-c2ccc(C(F)(F)F)nc2)n1. The highest BCUT2D eigenvalue weighted by molar-refractivity contribution is 5.57. The van der Waals surface area contributed by atoms with Crippen molar-refractivity contribution in [3.05, 3.63) is 47.9 Å². The maximum atomic E-state index is 12.4. The highest BCUT2D eigenvalue weighted by atomic mass is 19.4. The predicted octanol–water partition coefficient (Wildman–Crippen LogP) is 3.31. The number of aromatic nitrogens is 2. The van der Waals surface area contributed by atoms with E-state index in [-0.39, 0.29) is 0 Å². The molecule has 0 bridgehead atoms. The zero-order chi connectivity index (χ0) is 13.9. The maximum absolute atomic E-state index is 12.4. The average Bonchev–Trinajstić information content (AvgIpc) is 2.39. The van der Waals surface area contributed by atoms with Gasteiger partial charge in [0.1, 0.15) is 5.69 Å².